The van der Waals surface area contributed by atoms with Gasteiger partial charge in [0.25, 0.3) is 0 Å². The number of rotatable bonds is 7. The monoisotopic (exact) mass is 436 g/mol. The molecule has 0 fully saturated rings. The fraction of sp³-hybridized carbons (Fsp3) is 0.263. The quantitative estimate of drug-likeness (QED) is 0.564. The molecular formula is C19H21ClN4O2S2. The van der Waals surface area contributed by atoms with E-state index < -0.39 is 16.1 Å². The third-order valence-corrected chi connectivity index (χ3v) is 7.15. The summed E-state index contributed by atoms with van der Waals surface area (Å²) in [7, 11) is -1.89. The van der Waals surface area contributed by atoms with Crippen LogP contribution in [0.25, 0.3) is 0 Å². The standard InChI is InChI=1S/C19H21ClN4O2S2/c1-13-7-4-5-8-15(13)12-27-19-22-21-18(24(19)3)14(2)23-28(25,26)17-10-6-9-16(20)11-17/h4-11,14,23H,12H2,1-3H3. The van der Waals surface area contributed by atoms with Gasteiger partial charge in [0, 0.05) is 17.8 Å². The van der Waals surface area contributed by atoms with Gasteiger partial charge in [-0.15, -0.1) is 10.2 Å². The van der Waals surface area contributed by atoms with E-state index in [4.69, 9.17) is 11.6 Å². The van der Waals surface area contributed by atoms with Crippen LogP contribution in [0.1, 0.15) is 29.9 Å². The predicted octanol–water partition coefficient (Wildman–Crippen LogP) is 4.11. The summed E-state index contributed by atoms with van der Waals surface area (Å²) >= 11 is 7.47. The summed E-state index contributed by atoms with van der Waals surface area (Å²) in [6.45, 7) is 3.81. The molecule has 0 amide bonds. The van der Waals surface area contributed by atoms with Crippen molar-refractivity contribution in [2.75, 3.05) is 0 Å². The van der Waals surface area contributed by atoms with Gasteiger partial charge in [-0.05, 0) is 43.2 Å². The van der Waals surface area contributed by atoms with E-state index >= 15 is 0 Å². The number of hydrogen-bond donors (Lipinski definition) is 1. The Morgan fingerprint density at radius 1 is 1.18 bits per heavy atom. The first-order chi connectivity index (χ1) is 13.3. The minimum absolute atomic E-state index is 0.114. The SMILES string of the molecule is Cc1ccccc1CSc1nnc(C(C)NS(=O)(=O)c2cccc(Cl)c2)n1C. The maximum atomic E-state index is 12.6. The number of benzene rings is 2. The van der Waals surface area contributed by atoms with Crippen LogP contribution in [-0.4, -0.2) is 23.2 Å². The van der Waals surface area contributed by atoms with Crippen molar-refractivity contribution in [2.24, 2.45) is 7.05 Å². The highest BCUT2D eigenvalue weighted by Crippen LogP contribution is 2.25. The summed E-state index contributed by atoms with van der Waals surface area (Å²) < 4.78 is 29.7. The summed E-state index contributed by atoms with van der Waals surface area (Å²) in [5, 5.41) is 9.50. The van der Waals surface area contributed by atoms with Crippen molar-refractivity contribution in [3.8, 4) is 0 Å². The number of sulfonamides is 1. The van der Waals surface area contributed by atoms with Gasteiger partial charge in [0.15, 0.2) is 11.0 Å². The molecule has 6 nitrogen and oxygen atoms in total. The third-order valence-electron chi connectivity index (χ3n) is 4.31. The maximum Gasteiger partial charge on any atom is 0.241 e. The van der Waals surface area contributed by atoms with Gasteiger partial charge in [-0.2, -0.15) is 0 Å². The molecule has 1 atom stereocenters. The summed E-state index contributed by atoms with van der Waals surface area (Å²) in [5.74, 6) is 1.30. The summed E-state index contributed by atoms with van der Waals surface area (Å²) in [4.78, 5) is 0.114. The second-order valence-corrected chi connectivity index (χ2v) is 9.51. The number of thioether (sulfide) groups is 1. The van der Waals surface area contributed by atoms with Crippen LogP contribution < -0.4 is 4.72 Å². The minimum atomic E-state index is -3.72. The van der Waals surface area contributed by atoms with Crippen molar-refractivity contribution in [3.05, 3.63) is 70.5 Å². The fourth-order valence-corrected chi connectivity index (χ4v) is 5.23. The Balaban J connectivity index is 1.73. The lowest BCUT2D eigenvalue weighted by Gasteiger charge is -2.14. The second kappa shape index (κ2) is 8.65. The lowest BCUT2D eigenvalue weighted by molar-refractivity contribution is 0.551. The largest absolute Gasteiger partial charge is 0.308 e. The van der Waals surface area contributed by atoms with Gasteiger partial charge in [-0.1, -0.05) is 53.7 Å². The normalized spacial score (nSPS) is 12.9. The lowest BCUT2D eigenvalue weighted by Crippen LogP contribution is -2.28. The van der Waals surface area contributed by atoms with Crippen LogP contribution in [0.4, 0.5) is 0 Å². The lowest BCUT2D eigenvalue weighted by atomic mass is 10.1. The zero-order valence-electron chi connectivity index (χ0n) is 15.8. The zero-order valence-corrected chi connectivity index (χ0v) is 18.1. The highest BCUT2D eigenvalue weighted by Gasteiger charge is 2.23. The molecule has 3 aromatic rings. The maximum absolute atomic E-state index is 12.6. The van der Waals surface area contributed by atoms with Gasteiger partial charge in [-0.3, -0.25) is 0 Å². The van der Waals surface area contributed by atoms with Crippen LogP contribution in [0.3, 0.4) is 0 Å². The van der Waals surface area contributed by atoms with E-state index in [1.807, 2.05) is 23.7 Å². The Hall–Kier alpha value is -1.87. The summed E-state index contributed by atoms with van der Waals surface area (Å²) in [6, 6.07) is 13.8. The molecule has 1 N–H and O–H groups in total. The van der Waals surface area contributed by atoms with Gasteiger partial charge in [0.1, 0.15) is 0 Å². The number of aryl methyl sites for hydroxylation is 1. The molecule has 0 spiro atoms. The summed E-state index contributed by atoms with van der Waals surface area (Å²) in [6.07, 6.45) is 0. The Kier molecular flexibility index (Phi) is 6.44. The molecule has 2 aromatic carbocycles. The van der Waals surface area contributed by atoms with Crippen molar-refractivity contribution in [1.82, 2.24) is 19.5 Å². The average molecular weight is 437 g/mol. The van der Waals surface area contributed by atoms with Crippen LogP contribution in [0.2, 0.25) is 5.02 Å². The van der Waals surface area contributed by atoms with Gasteiger partial charge in [0.05, 0.1) is 10.9 Å². The Bertz CT molecular complexity index is 1080. The number of hydrogen-bond acceptors (Lipinski definition) is 5. The summed E-state index contributed by atoms with van der Waals surface area (Å²) in [5.41, 5.74) is 2.45. The van der Waals surface area contributed by atoms with Crippen LogP contribution >= 0.6 is 23.4 Å². The molecule has 1 heterocycles. The molecule has 0 aliphatic heterocycles. The van der Waals surface area contributed by atoms with E-state index in [9.17, 15) is 8.42 Å². The van der Waals surface area contributed by atoms with Gasteiger partial charge in [0.2, 0.25) is 10.0 Å². The first-order valence-corrected chi connectivity index (χ1v) is 11.5. The van der Waals surface area contributed by atoms with E-state index in [0.717, 1.165) is 10.9 Å². The van der Waals surface area contributed by atoms with Crippen LogP contribution in [0, 0.1) is 6.92 Å². The zero-order chi connectivity index (χ0) is 20.3. The highest BCUT2D eigenvalue weighted by molar-refractivity contribution is 7.98. The molecule has 0 saturated carbocycles. The molecule has 148 valence electrons. The van der Waals surface area contributed by atoms with E-state index in [0.29, 0.717) is 10.8 Å². The average Bonchev–Trinajstić information content (AvgIpc) is 3.01. The number of aromatic nitrogens is 3. The van der Waals surface area contributed by atoms with Crippen LogP contribution in [-0.2, 0) is 22.8 Å². The van der Waals surface area contributed by atoms with Crippen molar-refractivity contribution >= 4 is 33.4 Å². The molecular weight excluding hydrogens is 416 g/mol. The number of nitrogens with one attached hydrogen (secondary N) is 1. The van der Waals surface area contributed by atoms with Crippen molar-refractivity contribution in [1.29, 1.82) is 0 Å². The van der Waals surface area contributed by atoms with E-state index in [2.05, 4.69) is 34.0 Å². The molecule has 0 radical (unpaired) electrons. The Morgan fingerprint density at radius 3 is 2.64 bits per heavy atom. The first-order valence-electron chi connectivity index (χ1n) is 8.62. The molecule has 3 rings (SSSR count). The fourth-order valence-electron chi connectivity index (χ4n) is 2.73. The van der Waals surface area contributed by atoms with Gasteiger partial charge >= 0.3 is 0 Å². The van der Waals surface area contributed by atoms with Crippen molar-refractivity contribution in [2.45, 2.75) is 35.7 Å². The van der Waals surface area contributed by atoms with Crippen LogP contribution in [0.5, 0.6) is 0 Å². The Morgan fingerprint density at radius 2 is 1.93 bits per heavy atom. The van der Waals surface area contributed by atoms with Crippen LogP contribution in [0.15, 0.2) is 58.6 Å². The molecule has 0 bridgehead atoms. The van der Waals surface area contributed by atoms with E-state index in [1.54, 1.807) is 30.8 Å². The topological polar surface area (TPSA) is 76.9 Å². The predicted molar refractivity (Wildman–Crippen MR) is 112 cm³/mol. The van der Waals surface area contributed by atoms with Crippen molar-refractivity contribution < 1.29 is 8.42 Å². The molecule has 0 aliphatic carbocycles. The smallest absolute Gasteiger partial charge is 0.241 e. The second-order valence-electron chi connectivity index (χ2n) is 6.42. The van der Waals surface area contributed by atoms with E-state index in [1.165, 1.54) is 23.3 Å². The molecule has 9 heteroatoms. The molecule has 0 saturated heterocycles. The number of halogens is 1. The molecule has 1 unspecified atom stereocenters. The van der Waals surface area contributed by atoms with Gasteiger partial charge < -0.3 is 4.57 Å². The van der Waals surface area contributed by atoms with Crippen molar-refractivity contribution in [3.63, 3.8) is 0 Å². The third kappa shape index (κ3) is 4.75. The number of nitrogens with zero attached hydrogens (tertiary/aromatic N) is 3. The molecule has 28 heavy (non-hydrogen) atoms. The van der Waals surface area contributed by atoms with E-state index in [-0.39, 0.29) is 4.90 Å². The Labute approximate surface area is 174 Å². The molecule has 1 aromatic heterocycles. The van der Waals surface area contributed by atoms with Gasteiger partial charge in [-0.25, -0.2) is 13.1 Å². The highest BCUT2D eigenvalue weighted by atomic mass is 35.5. The minimum Gasteiger partial charge on any atom is -0.308 e. The molecule has 0 aliphatic rings. The first kappa shape index (κ1) is 20.9.